The highest BCUT2D eigenvalue weighted by atomic mass is 19.4. The maximum atomic E-state index is 14.3. The Labute approximate surface area is 205 Å². The van der Waals surface area contributed by atoms with E-state index in [9.17, 15) is 17.6 Å². The first-order chi connectivity index (χ1) is 17.3. The Bertz CT molecular complexity index is 1270. The number of aromatic nitrogens is 1. The lowest BCUT2D eigenvalue weighted by Gasteiger charge is -2.25. The molecule has 1 aromatic heterocycles. The molecule has 1 unspecified atom stereocenters. The van der Waals surface area contributed by atoms with Crippen molar-refractivity contribution in [3.05, 3.63) is 66.4 Å². The normalized spacial score (nSPS) is 17.3. The fourth-order valence-electron chi connectivity index (χ4n) is 4.24. The van der Waals surface area contributed by atoms with Gasteiger partial charge in [-0.25, -0.2) is 9.29 Å². The van der Waals surface area contributed by atoms with Gasteiger partial charge in [0.05, 0.1) is 25.2 Å². The van der Waals surface area contributed by atoms with E-state index in [1.54, 1.807) is 18.3 Å². The molecule has 0 saturated carbocycles. The first-order valence-electron chi connectivity index (χ1n) is 11.4. The van der Waals surface area contributed by atoms with E-state index < -0.39 is 18.4 Å². The molecule has 190 valence electrons. The third-order valence-corrected chi connectivity index (χ3v) is 5.95. The van der Waals surface area contributed by atoms with Crippen LogP contribution in [0.15, 0.2) is 55.1 Å². The molecular formula is C26H25F4N3O3. The molecule has 1 atom stereocenters. The van der Waals surface area contributed by atoms with Crippen molar-refractivity contribution in [3.8, 4) is 23.1 Å². The predicted molar refractivity (Wildman–Crippen MR) is 125 cm³/mol. The number of halogens is 4. The van der Waals surface area contributed by atoms with Crippen molar-refractivity contribution < 1.29 is 31.8 Å². The first-order valence-corrected chi connectivity index (χ1v) is 11.4. The Morgan fingerprint density at radius 1 is 1.17 bits per heavy atom. The minimum Gasteiger partial charge on any atom is -0.494 e. The molecule has 0 aliphatic carbocycles. The number of benzene rings is 2. The van der Waals surface area contributed by atoms with Crippen LogP contribution in [0.1, 0.15) is 31.1 Å². The molecule has 2 aliphatic rings. The highest BCUT2D eigenvalue weighted by molar-refractivity contribution is 5.86. The molecule has 1 fully saturated rings. The fraction of sp³-hybridized carbons (Fsp3) is 0.346. The van der Waals surface area contributed by atoms with Crippen LogP contribution < -0.4 is 4.74 Å². The van der Waals surface area contributed by atoms with Gasteiger partial charge < -0.3 is 18.8 Å². The number of methoxy groups -OCH3 is 1. The van der Waals surface area contributed by atoms with Crippen LogP contribution in [-0.4, -0.2) is 36.1 Å². The standard InChI is InChI=1S/C22H21F4NO2.C4H4N2O/c1-28-20-11-16(13-22(24,25)26)17(12-18(20)23)15-6-5-14-7-8-27(19(14)10-15)21-4-2-3-9-29-21;5-3-6-1-2-7-4-6/h5-8,10-12,21H,2-4,9,13H2,1H3;1-2H,4H2. The summed E-state index contributed by atoms with van der Waals surface area (Å²) >= 11 is 0. The van der Waals surface area contributed by atoms with Crippen LogP contribution in [0, 0.1) is 17.3 Å². The minimum atomic E-state index is -4.42. The SMILES string of the molecule is COc1cc(CC(F)(F)F)c(-c2ccc3ccn(C4CCCCO4)c3c2)cc1F.N#CN1C=COC1. The van der Waals surface area contributed by atoms with Crippen molar-refractivity contribution in [1.82, 2.24) is 9.47 Å². The van der Waals surface area contributed by atoms with Crippen LogP contribution in [0.25, 0.3) is 22.0 Å². The number of hydrogen-bond acceptors (Lipinski definition) is 5. The Kier molecular flexibility index (Phi) is 7.70. The monoisotopic (exact) mass is 503 g/mol. The van der Waals surface area contributed by atoms with E-state index in [2.05, 4.69) is 4.74 Å². The van der Waals surface area contributed by atoms with Crippen molar-refractivity contribution in [2.75, 3.05) is 20.4 Å². The van der Waals surface area contributed by atoms with E-state index in [1.165, 1.54) is 18.3 Å². The maximum absolute atomic E-state index is 14.3. The molecule has 0 spiro atoms. The second-order valence-corrected chi connectivity index (χ2v) is 8.40. The fourth-order valence-corrected chi connectivity index (χ4v) is 4.24. The van der Waals surface area contributed by atoms with Crippen LogP contribution in [-0.2, 0) is 15.9 Å². The van der Waals surface area contributed by atoms with Gasteiger partial charge in [-0.1, -0.05) is 12.1 Å². The lowest BCUT2D eigenvalue weighted by atomic mass is 9.96. The zero-order valence-corrected chi connectivity index (χ0v) is 19.6. The van der Waals surface area contributed by atoms with Crippen LogP contribution in [0.3, 0.4) is 0 Å². The number of nitriles is 1. The van der Waals surface area contributed by atoms with Crippen molar-refractivity contribution >= 4 is 10.9 Å². The molecule has 0 N–H and O–H groups in total. The summed E-state index contributed by atoms with van der Waals surface area (Å²) in [6.45, 7) is 1.06. The highest BCUT2D eigenvalue weighted by Crippen LogP contribution is 2.36. The molecule has 0 amide bonds. The van der Waals surface area contributed by atoms with Crippen LogP contribution >= 0.6 is 0 Å². The molecular weight excluding hydrogens is 478 g/mol. The molecule has 3 heterocycles. The Balaban J connectivity index is 0.000000375. The molecule has 2 aromatic carbocycles. The van der Waals surface area contributed by atoms with E-state index in [-0.39, 0.29) is 23.1 Å². The zero-order valence-electron chi connectivity index (χ0n) is 19.6. The van der Waals surface area contributed by atoms with Crippen molar-refractivity contribution in [2.24, 2.45) is 0 Å². The molecule has 0 radical (unpaired) electrons. The van der Waals surface area contributed by atoms with E-state index in [4.69, 9.17) is 14.7 Å². The number of rotatable bonds is 4. The third-order valence-electron chi connectivity index (χ3n) is 5.95. The van der Waals surface area contributed by atoms with Gasteiger partial charge in [-0.15, -0.1) is 0 Å². The van der Waals surface area contributed by atoms with Gasteiger partial charge >= 0.3 is 6.18 Å². The van der Waals surface area contributed by atoms with E-state index >= 15 is 0 Å². The van der Waals surface area contributed by atoms with Gasteiger partial charge in [0.1, 0.15) is 12.5 Å². The van der Waals surface area contributed by atoms with Crippen LogP contribution in [0.5, 0.6) is 5.75 Å². The van der Waals surface area contributed by atoms with E-state index in [0.717, 1.165) is 42.3 Å². The van der Waals surface area contributed by atoms with E-state index in [0.29, 0.717) is 18.9 Å². The van der Waals surface area contributed by atoms with Crippen molar-refractivity contribution in [2.45, 2.75) is 38.1 Å². The summed E-state index contributed by atoms with van der Waals surface area (Å²) in [5.41, 5.74) is 1.56. The Hall–Kier alpha value is -3.71. The van der Waals surface area contributed by atoms with Gasteiger partial charge in [0.15, 0.2) is 24.5 Å². The smallest absolute Gasteiger partial charge is 0.393 e. The summed E-state index contributed by atoms with van der Waals surface area (Å²) in [4.78, 5) is 1.39. The molecule has 1 saturated heterocycles. The number of alkyl halides is 3. The zero-order chi connectivity index (χ0) is 25.7. The van der Waals surface area contributed by atoms with Gasteiger partial charge in [0, 0.05) is 12.8 Å². The number of hydrogen-bond donors (Lipinski definition) is 0. The summed E-state index contributed by atoms with van der Waals surface area (Å²) in [6, 6.07) is 9.55. The summed E-state index contributed by atoms with van der Waals surface area (Å²) in [7, 11) is 1.23. The highest BCUT2D eigenvalue weighted by Gasteiger charge is 2.30. The van der Waals surface area contributed by atoms with Crippen LogP contribution in [0.2, 0.25) is 0 Å². The quantitative estimate of drug-likeness (QED) is 0.301. The third kappa shape index (κ3) is 5.91. The summed E-state index contributed by atoms with van der Waals surface area (Å²) in [6.07, 6.45) is 4.16. The van der Waals surface area contributed by atoms with Crippen molar-refractivity contribution in [3.63, 3.8) is 0 Å². The number of ether oxygens (including phenoxy) is 3. The molecule has 2 aliphatic heterocycles. The molecule has 6 nitrogen and oxygen atoms in total. The number of fused-ring (bicyclic) bond motifs is 1. The second kappa shape index (κ2) is 10.9. The average molecular weight is 503 g/mol. The summed E-state index contributed by atoms with van der Waals surface area (Å²) in [5.74, 6) is -0.896. The summed E-state index contributed by atoms with van der Waals surface area (Å²) in [5, 5.41) is 9.06. The molecule has 5 rings (SSSR count). The van der Waals surface area contributed by atoms with Crippen LogP contribution in [0.4, 0.5) is 17.6 Å². The predicted octanol–water partition coefficient (Wildman–Crippen LogP) is 6.49. The molecule has 10 heteroatoms. The lowest BCUT2D eigenvalue weighted by Crippen LogP contribution is -2.17. The number of nitrogens with zero attached hydrogens (tertiary/aromatic N) is 3. The molecule has 0 bridgehead atoms. The van der Waals surface area contributed by atoms with Gasteiger partial charge in [-0.3, -0.25) is 0 Å². The molecule has 36 heavy (non-hydrogen) atoms. The first kappa shape index (κ1) is 25.4. The van der Waals surface area contributed by atoms with Gasteiger partial charge in [0.2, 0.25) is 0 Å². The van der Waals surface area contributed by atoms with Gasteiger partial charge in [0.25, 0.3) is 0 Å². The topological polar surface area (TPSA) is 59.7 Å². The van der Waals surface area contributed by atoms with Gasteiger partial charge in [-0.2, -0.15) is 18.4 Å². The van der Waals surface area contributed by atoms with Gasteiger partial charge in [-0.05, 0) is 65.6 Å². The minimum absolute atomic E-state index is 0.0258. The van der Waals surface area contributed by atoms with E-state index in [1.807, 2.05) is 29.1 Å². The van der Waals surface area contributed by atoms with Crippen molar-refractivity contribution in [1.29, 1.82) is 5.26 Å². The largest absolute Gasteiger partial charge is 0.494 e. The second-order valence-electron chi connectivity index (χ2n) is 8.40. The molecule has 3 aromatic rings. The lowest BCUT2D eigenvalue weighted by molar-refractivity contribution is -0.127. The Morgan fingerprint density at radius 3 is 2.61 bits per heavy atom. The summed E-state index contributed by atoms with van der Waals surface area (Å²) < 4.78 is 71.1. The average Bonchev–Trinajstić information content (AvgIpc) is 3.54. The Morgan fingerprint density at radius 2 is 2.00 bits per heavy atom. The maximum Gasteiger partial charge on any atom is 0.393 e.